The normalized spacial score (nSPS) is 25.2. The molecular formula is C16H21ClIN3O4S. The summed E-state index contributed by atoms with van der Waals surface area (Å²) < 4.78 is 26.1. The van der Waals surface area contributed by atoms with Crippen molar-refractivity contribution in [2.75, 3.05) is 38.0 Å². The molecule has 0 amide bonds. The fourth-order valence-corrected chi connectivity index (χ4v) is 5.19. The molecule has 3 atom stereocenters. The van der Waals surface area contributed by atoms with Gasteiger partial charge in [0, 0.05) is 41.2 Å². The molecule has 26 heavy (non-hydrogen) atoms. The van der Waals surface area contributed by atoms with Gasteiger partial charge in [-0.3, -0.25) is 4.90 Å². The molecule has 10 heteroatoms. The van der Waals surface area contributed by atoms with Crippen LogP contribution in [0.25, 0.3) is 0 Å². The highest BCUT2D eigenvalue weighted by Gasteiger charge is 2.44. The van der Waals surface area contributed by atoms with Crippen LogP contribution in [0.15, 0.2) is 24.1 Å². The van der Waals surface area contributed by atoms with E-state index >= 15 is 0 Å². The number of aliphatic hydroxyl groups is 1. The molecule has 0 bridgehead atoms. The summed E-state index contributed by atoms with van der Waals surface area (Å²) in [5.74, 6) is 0.458. The van der Waals surface area contributed by atoms with Crippen molar-refractivity contribution >= 4 is 49.9 Å². The van der Waals surface area contributed by atoms with Gasteiger partial charge < -0.3 is 15.5 Å². The Labute approximate surface area is 171 Å². The number of benzene rings is 1. The van der Waals surface area contributed by atoms with E-state index < -0.39 is 16.3 Å². The number of hydrogen-bond donors (Lipinski definition) is 3. The summed E-state index contributed by atoms with van der Waals surface area (Å²) in [6.45, 7) is 5.83. The van der Waals surface area contributed by atoms with E-state index in [1.54, 1.807) is 6.07 Å². The molecule has 2 fully saturated rings. The Morgan fingerprint density at radius 1 is 1.35 bits per heavy atom. The lowest BCUT2D eigenvalue weighted by Gasteiger charge is -2.26. The van der Waals surface area contributed by atoms with E-state index in [-0.39, 0.29) is 24.1 Å². The molecule has 3 unspecified atom stereocenters. The number of rotatable bonds is 6. The highest BCUT2D eigenvalue weighted by Crippen LogP contribution is 2.34. The highest BCUT2D eigenvalue weighted by atomic mass is 127. The van der Waals surface area contributed by atoms with Gasteiger partial charge in [0.25, 0.3) is 0 Å². The molecule has 2 aliphatic heterocycles. The standard InChI is InChI=1S/C16H21ClIN3O4S/c1-2-26(24,25)21-8-10-6-20(7-11(10)9-21)16(23)5-19-14-4-13(18)12(17)3-15(14)22/h2-4,10-11,16,19,22-23H,1,5-9H2. The van der Waals surface area contributed by atoms with Crippen molar-refractivity contribution in [1.82, 2.24) is 9.21 Å². The van der Waals surface area contributed by atoms with Gasteiger partial charge in [-0.15, -0.1) is 0 Å². The lowest BCUT2D eigenvalue weighted by Crippen LogP contribution is -2.41. The minimum absolute atomic E-state index is 0.0335. The third-order valence-electron chi connectivity index (χ3n) is 4.99. The second-order valence-corrected chi connectivity index (χ2v) is 10.1. The second-order valence-electron chi connectivity index (χ2n) is 6.65. The minimum Gasteiger partial charge on any atom is -0.506 e. The number of likely N-dealkylation sites (tertiary alicyclic amines) is 1. The van der Waals surface area contributed by atoms with Crippen molar-refractivity contribution in [2.24, 2.45) is 11.8 Å². The molecule has 2 heterocycles. The number of fused-ring (bicyclic) bond motifs is 1. The SMILES string of the molecule is C=CS(=O)(=O)N1CC2CN(C(O)CNc3cc(I)c(Cl)cc3O)CC2C1. The van der Waals surface area contributed by atoms with Crippen molar-refractivity contribution in [3.8, 4) is 5.75 Å². The zero-order valence-corrected chi connectivity index (χ0v) is 17.7. The van der Waals surface area contributed by atoms with Gasteiger partial charge in [-0.25, -0.2) is 8.42 Å². The number of phenols is 1. The van der Waals surface area contributed by atoms with Gasteiger partial charge in [-0.2, -0.15) is 4.31 Å². The van der Waals surface area contributed by atoms with Gasteiger partial charge in [0.15, 0.2) is 0 Å². The molecule has 2 saturated heterocycles. The van der Waals surface area contributed by atoms with Gasteiger partial charge in [-0.05, 0) is 40.5 Å². The number of halogens is 2. The van der Waals surface area contributed by atoms with E-state index in [2.05, 4.69) is 34.5 Å². The molecule has 1 aromatic rings. The van der Waals surface area contributed by atoms with E-state index in [9.17, 15) is 18.6 Å². The monoisotopic (exact) mass is 513 g/mol. The largest absolute Gasteiger partial charge is 0.506 e. The maximum absolute atomic E-state index is 11.9. The predicted molar refractivity (Wildman–Crippen MR) is 110 cm³/mol. The number of phenolic OH excluding ortho intramolecular Hbond substituents is 1. The number of sulfonamides is 1. The Morgan fingerprint density at radius 3 is 2.54 bits per heavy atom. The summed E-state index contributed by atoms with van der Waals surface area (Å²) in [6.07, 6.45) is -0.724. The van der Waals surface area contributed by atoms with E-state index in [1.807, 2.05) is 4.90 Å². The lowest BCUT2D eigenvalue weighted by molar-refractivity contribution is 0.0252. The first-order chi connectivity index (χ1) is 12.2. The molecule has 0 radical (unpaired) electrons. The van der Waals surface area contributed by atoms with Crippen molar-refractivity contribution in [1.29, 1.82) is 0 Å². The maximum Gasteiger partial charge on any atom is 0.235 e. The number of nitrogens with zero attached hydrogens (tertiary/aromatic N) is 2. The zero-order valence-electron chi connectivity index (χ0n) is 14.0. The summed E-state index contributed by atoms with van der Waals surface area (Å²) in [5, 5.41) is 24.9. The van der Waals surface area contributed by atoms with Crippen LogP contribution in [0.4, 0.5) is 5.69 Å². The molecule has 2 aliphatic rings. The molecule has 7 nitrogen and oxygen atoms in total. The lowest BCUT2D eigenvalue weighted by atomic mass is 10.0. The van der Waals surface area contributed by atoms with Crippen LogP contribution in [0.2, 0.25) is 5.02 Å². The number of aliphatic hydroxyl groups excluding tert-OH is 1. The molecule has 3 rings (SSSR count). The van der Waals surface area contributed by atoms with E-state index in [0.29, 0.717) is 36.9 Å². The van der Waals surface area contributed by atoms with Crippen LogP contribution in [0.3, 0.4) is 0 Å². The highest BCUT2D eigenvalue weighted by molar-refractivity contribution is 14.1. The fourth-order valence-electron chi connectivity index (χ4n) is 3.55. The average molecular weight is 514 g/mol. The van der Waals surface area contributed by atoms with E-state index in [0.717, 1.165) is 8.98 Å². The first-order valence-corrected chi connectivity index (χ1v) is 11.1. The summed E-state index contributed by atoms with van der Waals surface area (Å²) in [7, 11) is -3.37. The molecule has 0 aromatic heterocycles. The second kappa shape index (κ2) is 7.80. The van der Waals surface area contributed by atoms with Crippen molar-refractivity contribution < 1.29 is 18.6 Å². The van der Waals surface area contributed by atoms with E-state index in [1.165, 1.54) is 10.4 Å². The minimum atomic E-state index is -3.37. The topological polar surface area (TPSA) is 93.1 Å². The van der Waals surface area contributed by atoms with Crippen LogP contribution in [-0.4, -0.2) is 66.8 Å². The van der Waals surface area contributed by atoms with Gasteiger partial charge in [0.1, 0.15) is 12.0 Å². The van der Waals surface area contributed by atoms with Crippen LogP contribution in [0, 0.1) is 15.4 Å². The van der Waals surface area contributed by atoms with Gasteiger partial charge in [0.05, 0.1) is 17.3 Å². The molecule has 0 aliphatic carbocycles. The molecular weight excluding hydrogens is 493 g/mol. The number of hydrogen-bond acceptors (Lipinski definition) is 6. The smallest absolute Gasteiger partial charge is 0.235 e. The summed E-state index contributed by atoms with van der Waals surface area (Å²) in [5.41, 5.74) is 0.514. The van der Waals surface area contributed by atoms with Crippen molar-refractivity contribution in [3.63, 3.8) is 0 Å². The molecule has 0 spiro atoms. The average Bonchev–Trinajstić information content (AvgIpc) is 3.16. The van der Waals surface area contributed by atoms with Crippen LogP contribution in [0.5, 0.6) is 5.75 Å². The summed E-state index contributed by atoms with van der Waals surface area (Å²) in [6, 6.07) is 3.19. The maximum atomic E-state index is 11.9. The first kappa shape index (κ1) is 20.2. The van der Waals surface area contributed by atoms with Crippen molar-refractivity contribution in [3.05, 3.63) is 32.7 Å². The van der Waals surface area contributed by atoms with Gasteiger partial charge in [0.2, 0.25) is 10.0 Å². The summed E-state index contributed by atoms with van der Waals surface area (Å²) in [4.78, 5) is 1.94. The number of anilines is 1. The Balaban J connectivity index is 1.55. The quantitative estimate of drug-likeness (QED) is 0.396. The third-order valence-corrected chi connectivity index (χ3v) is 7.95. The molecule has 144 valence electrons. The Bertz CT molecular complexity index is 793. The number of aromatic hydroxyl groups is 1. The Hall–Kier alpha value is -0.590. The van der Waals surface area contributed by atoms with Crippen LogP contribution >= 0.6 is 34.2 Å². The molecule has 1 aromatic carbocycles. The van der Waals surface area contributed by atoms with Gasteiger partial charge >= 0.3 is 0 Å². The van der Waals surface area contributed by atoms with Gasteiger partial charge in [-0.1, -0.05) is 18.2 Å². The Morgan fingerprint density at radius 2 is 1.96 bits per heavy atom. The van der Waals surface area contributed by atoms with Crippen LogP contribution in [-0.2, 0) is 10.0 Å². The predicted octanol–water partition coefficient (Wildman–Crippen LogP) is 1.72. The third kappa shape index (κ3) is 4.12. The molecule has 0 saturated carbocycles. The summed E-state index contributed by atoms with van der Waals surface area (Å²) >= 11 is 8.03. The molecule has 3 N–H and O–H groups in total. The van der Waals surface area contributed by atoms with Crippen molar-refractivity contribution in [2.45, 2.75) is 6.23 Å². The zero-order chi connectivity index (χ0) is 19.1. The van der Waals surface area contributed by atoms with E-state index in [4.69, 9.17) is 11.6 Å². The van der Waals surface area contributed by atoms with Crippen LogP contribution in [0.1, 0.15) is 0 Å². The van der Waals surface area contributed by atoms with Crippen LogP contribution < -0.4 is 5.32 Å². The first-order valence-electron chi connectivity index (χ1n) is 8.18. The Kier molecular flexibility index (Phi) is 6.05. The number of nitrogens with one attached hydrogen (secondary N) is 1. The fraction of sp³-hybridized carbons (Fsp3) is 0.500.